The zero-order chi connectivity index (χ0) is 8.69. The molecule has 0 rings (SSSR count). The van der Waals surface area contributed by atoms with Crippen LogP contribution in [0.15, 0.2) is 5.10 Å². The van der Waals surface area contributed by atoms with Crippen LogP contribution in [0.5, 0.6) is 0 Å². The van der Waals surface area contributed by atoms with Gasteiger partial charge in [-0.1, -0.05) is 0 Å². The highest BCUT2D eigenvalue weighted by Crippen LogP contribution is 1.89. The van der Waals surface area contributed by atoms with Gasteiger partial charge in [-0.15, -0.1) is 0 Å². The van der Waals surface area contributed by atoms with Gasteiger partial charge in [0.2, 0.25) is 0 Å². The summed E-state index contributed by atoms with van der Waals surface area (Å²) in [7, 11) is 3.69. The molecule has 0 spiro atoms. The molecule has 0 unspecified atom stereocenters. The maximum Gasteiger partial charge on any atom is 0.0479 e. The summed E-state index contributed by atoms with van der Waals surface area (Å²) in [5.74, 6) is 0. The molecular formula is C8H18N2O. The summed E-state index contributed by atoms with van der Waals surface area (Å²) in [6.45, 7) is 5.75. The van der Waals surface area contributed by atoms with E-state index in [0.717, 1.165) is 25.3 Å². The van der Waals surface area contributed by atoms with Crippen molar-refractivity contribution in [3.8, 4) is 0 Å². The number of nitrogens with zero attached hydrogens (tertiary/aromatic N) is 2. The smallest absolute Gasteiger partial charge is 0.0479 e. The van der Waals surface area contributed by atoms with Crippen molar-refractivity contribution in [2.75, 3.05) is 27.3 Å². The Bertz CT molecular complexity index is 119. The van der Waals surface area contributed by atoms with Crippen LogP contribution in [0.3, 0.4) is 0 Å². The maximum atomic E-state index is 4.92. The van der Waals surface area contributed by atoms with E-state index in [1.165, 1.54) is 0 Å². The molecule has 0 amide bonds. The molecule has 0 saturated carbocycles. The Balaban J connectivity index is 3.37. The highest BCUT2D eigenvalue weighted by molar-refractivity contribution is 5.78. The lowest BCUT2D eigenvalue weighted by Gasteiger charge is -2.12. The quantitative estimate of drug-likeness (QED) is 0.343. The monoisotopic (exact) mass is 158 g/mol. The van der Waals surface area contributed by atoms with Gasteiger partial charge in [-0.2, -0.15) is 5.10 Å². The van der Waals surface area contributed by atoms with Gasteiger partial charge in [-0.25, -0.2) is 0 Å². The highest BCUT2D eigenvalue weighted by Gasteiger charge is 1.91. The maximum absolute atomic E-state index is 4.92. The summed E-state index contributed by atoms with van der Waals surface area (Å²) in [5, 5.41) is 6.18. The molecule has 0 fully saturated rings. The van der Waals surface area contributed by atoms with Crippen LogP contribution in [-0.2, 0) is 4.74 Å². The molecule has 0 aromatic heterocycles. The molecule has 3 heteroatoms. The van der Waals surface area contributed by atoms with Gasteiger partial charge in [0.15, 0.2) is 0 Å². The Labute approximate surface area is 69.0 Å². The molecule has 11 heavy (non-hydrogen) atoms. The predicted molar refractivity (Wildman–Crippen MR) is 47.9 cm³/mol. The van der Waals surface area contributed by atoms with Crippen molar-refractivity contribution in [1.82, 2.24) is 5.01 Å². The van der Waals surface area contributed by atoms with Crippen molar-refractivity contribution >= 4 is 5.71 Å². The van der Waals surface area contributed by atoms with E-state index >= 15 is 0 Å². The minimum absolute atomic E-state index is 0.808. The third kappa shape index (κ3) is 7.33. The second-order valence-electron chi connectivity index (χ2n) is 2.77. The third-order valence-electron chi connectivity index (χ3n) is 1.20. The molecule has 0 aliphatic heterocycles. The van der Waals surface area contributed by atoms with E-state index in [9.17, 15) is 0 Å². The summed E-state index contributed by atoms with van der Waals surface area (Å²) < 4.78 is 4.92. The summed E-state index contributed by atoms with van der Waals surface area (Å²) in [5.41, 5.74) is 1.09. The molecule has 0 radical (unpaired) electrons. The number of methoxy groups -OCH3 is 1. The van der Waals surface area contributed by atoms with Crippen molar-refractivity contribution in [2.45, 2.75) is 20.3 Å². The van der Waals surface area contributed by atoms with Crippen molar-refractivity contribution in [3.63, 3.8) is 0 Å². The van der Waals surface area contributed by atoms with Gasteiger partial charge in [-0.3, -0.25) is 0 Å². The molecule has 0 aliphatic carbocycles. The Morgan fingerprint density at radius 3 is 2.55 bits per heavy atom. The van der Waals surface area contributed by atoms with Crippen LogP contribution in [0, 0.1) is 0 Å². The second-order valence-corrected chi connectivity index (χ2v) is 2.77. The molecule has 0 bridgehead atoms. The fourth-order valence-electron chi connectivity index (χ4n) is 0.829. The molecule has 0 aromatic rings. The minimum atomic E-state index is 0.808. The van der Waals surface area contributed by atoms with Crippen LogP contribution in [0.25, 0.3) is 0 Å². The van der Waals surface area contributed by atoms with Crippen LogP contribution in [0.1, 0.15) is 20.3 Å². The van der Waals surface area contributed by atoms with Gasteiger partial charge in [0.25, 0.3) is 0 Å². The van der Waals surface area contributed by atoms with E-state index < -0.39 is 0 Å². The van der Waals surface area contributed by atoms with Crippen LogP contribution in [0.2, 0.25) is 0 Å². The molecule has 3 nitrogen and oxygen atoms in total. The predicted octanol–water partition coefficient (Wildman–Crippen LogP) is 1.35. The van der Waals surface area contributed by atoms with Crippen LogP contribution >= 0.6 is 0 Å². The zero-order valence-corrected chi connectivity index (χ0v) is 7.92. The Hall–Kier alpha value is -0.570. The van der Waals surface area contributed by atoms with Crippen molar-refractivity contribution in [2.24, 2.45) is 5.10 Å². The first-order valence-electron chi connectivity index (χ1n) is 3.88. The first-order valence-corrected chi connectivity index (χ1v) is 3.88. The van der Waals surface area contributed by atoms with Gasteiger partial charge >= 0.3 is 0 Å². The summed E-state index contributed by atoms with van der Waals surface area (Å²) in [4.78, 5) is 0. The molecule has 0 saturated heterocycles. The topological polar surface area (TPSA) is 24.8 Å². The van der Waals surface area contributed by atoms with E-state index in [4.69, 9.17) is 4.74 Å². The molecule has 0 aliphatic rings. The Morgan fingerprint density at radius 2 is 2.09 bits per heavy atom. The van der Waals surface area contributed by atoms with Crippen molar-refractivity contribution in [3.05, 3.63) is 0 Å². The van der Waals surface area contributed by atoms with Gasteiger partial charge in [0.05, 0.1) is 0 Å². The van der Waals surface area contributed by atoms with Crippen molar-refractivity contribution in [1.29, 1.82) is 0 Å². The second kappa shape index (κ2) is 6.16. The van der Waals surface area contributed by atoms with E-state index in [1.54, 1.807) is 7.11 Å². The number of rotatable bonds is 5. The number of hydrogen-bond acceptors (Lipinski definition) is 3. The first kappa shape index (κ1) is 10.4. The summed E-state index contributed by atoms with van der Waals surface area (Å²) >= 11 is 0. The average Bonchev–Trinajstić information content (AvgIpc) is 1.86. The lowest BCUT2D eigenvalue weighted by molar-refractivity contribution is 0.180. The molecule has 0 atom stereocenters. The molecule has 0 heterocycles. The van der Waals surface area contributed by atoms with E-state index in [1.807, 2.05) is 25.9 Å². The average molecular weight is 158 g/mol. The normalized spacial score (nSPS) is 9.45. The van der Waals surface area contributed by atoms with E-state index in [-0.39, 0.29) is 0 Å². The largest absolute Gasteiger partial charge is 0.385 e. The zero-order valence-electron chi connectivity index (χ0n) is 7.92. The Kier molecular flexibility index (Phi) is 5.84. The third-order valence-corrected chi connectivity index (χ3v) is 1.20. The molecule has 66 valence electrons. The fourth-order valence-corrected chi connectivity index (χ4v) is 0.829. The number of hydrogen-bond donors (Lipinski definition) is 0. The van der Waals surface area contributed by atoms with E-state index in [2.05, 4.69) is 5.10 Å². The Morgan fingerprint density at radius 1 is 1.45 bits per heavy atom. The van der Waals surface area contributed by atoms with Crippen LogP contribution in [-0.4, -0.2) is 38.0 Å². The van der Waals surface area contributed by atoms with Gasteiger partial charge in [0.1, 0.15) is 0 Å². The first-order chi connectivity index (χ1) is 5.16. The SMILES string of the molecule is COCCCN(C)N=C(C)C. The summed E-state index contributed by atoms with van der Waals surface area (Å²) in [6.07, 6.45) is 1.03. The lowest BCUT2D eigenvalue weighted by Crippen LogP contribution is -2.15. The van der Waals surface area contributed by atoms with Gasteiger partial charge in [0, 0.05) is 33.0 Å². The van der Waals surface area contributed by atoms with Gasteiger partial charge in [-0.05, 0) is 20.3 Å². The lowest BCUT2D eigenvalue weighted by atomic mass is 10.4. The minimum Gasteiger partial charge on any atom is -0.385 e. The number of hydrazone groups is 1. The van der Waals surface area contributed by atoms with Crippen LogP contribution < -0.4 is 0 Å². The highest BCUT2D eigenvalue weighted by atomic mass is 16.5. The van der Waals surface area contributed by atoms with Gasteiger partial charge < -0.3 is 9.75 Å². The number of ether oxygens (including phenoxy) is 1. The molecule has 0 N–H and O–H groups in total. The standard InChI is InChI=1S/C8H18N2O/c1-8(2)9-10(3)6-5-7-11-4/h5-7H2,1-4H3. The van der Waals surface area contributed by atoms with Crippen molar-refractivity contribution < 1.29 is 4.74 Å². The molecule has 0 aromatic carbocycles. The summed E-state index contributed by atoms with van der Waals surface area (Å²) in [6, 6.07) is 0. The fraction of sp³-hybridized carbons (Fsp3) is 0.875. The van der Waals surface area contributed by atoms with Crippen LogP contribution in [0.4, 0.5) is 0 Å². The van der Waals surface area contributed by atoms with E-state index in [0.29, 0.717) is 0 Å². The molecular weight excluding hydrogens is 140 g/mol.